The number of alkyl halides is 1. The Morgan fingerprint density at radius 1 is 1.42 bits per heavy atom. The van der Waals surface area contributed by atoms with E-state index in [1.54, 1.807) is 12.1 Å². The van der Waals surface area contributed by atoms with Crippen molar-refractivity contribution in [3.63, 3.8) is 0 Å². The highest BCUT2D eigenvalue weighted by atomic mass is 79.9. The van der Waals surface area contributed by atoms with Gasteiger partial charge < -0.3 is 0 Å². The van der Waals surface area contributed by atoms with Crippen LogP contribution in [0, 0.1) is 5.92 Å². The summed E-state index contributed by atoms with van der Waals surface area (Å²) in [6, 6.07) is 3.41. The van der Waals surface area contributed by atoms with Crippen LogP contribution in [0.5, 0.6) is 0 Å². The van der Waals surface area contributed by atoms with E-state index in [0.717, 1.165) is 29.5 Å². The van der Waals surface area contributed by atoms with Gasteiger partial charge in [0.2, 0.25) is 0 Å². The van der Waals surface area contributed by atoms with Crippen molar-refractivity contribution in [2.75, 3.05) is 5.33 Å². The van der Waals surface area contributed by atoms with E-state index in [0.29, 0.717) is 15.5 Å². The van der Waals surface area contributed by atoms with E-state index in [-0.39, 0.29) is 5.54 Å². The molecule has 1 saturated carbocycles. The Morgan fingerprint density at radius 3 is 2.53 bits per heavy atom. The summed E-state index contributed by atoms with van der Waals surface area (Å²) < 4.78 is 29.0. The van der Waals surface area contributed by atoms with Gasteiger partial charge in [-0.15, -0.1) is 11.3 Å². The van der Waals surface area contributed by atoms with Gasteiger partial charge in [-0.05, 0) is 59.7 Å². The van der Waals surface area contributed by atoms with Crippen LogP contribution in [0.4, 0.5) is 0 Å². The molecule has 0 radical (unpaired) electrons. The van der Waals surface area contributed by atoms with Gasteiger partial charge in [0.15, 0.2) is 0 Å². The van der Waals surface area contributed by atoms with Gasteiger partial charge in [0, 0.05) is 10.9 Å². The van der Waals surface area contributed by atoms with Crippen molar-refractivity contribution in [3.05, 3.63) is 15.9 Å². The number of hydrogen-bond acceptors (Lipinski definition) is 3. The molecule has 19 heavy (non-hydrogen) atoms. The Morgan fingerprint density at radius 2 is 2.05 bits per heavy atom. The smallest absolute Gasteiger partial charge is 0.206 e. The molecular formula is C12H17Br2NO2S2. The van der Waals surface area contributed by atoms with E-state index in [1.807, 2.05) is 0 Å². The Balaban J connectivity index is 2.18. The molecule has 0 bridgehead atoms. The zero-order chi connectivity index (χ0) is 14.1. The third-order valence-electron chi connectivity index (χ3n) is 3.65. The molecule has 0 saturated heterocycles. The van der Waals surface area contributed by atoms with Crippen molar-refractivity contribution < 1.29 is 8.42 Å². The number of sulfonamides is 1. The fourth-order valence-corrected chi connectivity index (χ4v) is 6.71. The maximum absolute atomic E-state index is 12.4. The number of rotatable bonds is 4. The summed E-state index contributed by atoms with van der Waals surface area (Å²) in [6.07, 6.45) is 3.93. The normalized spacial score (nSPS) is 28.5. The minimum Gasteiger partial charge on any atom is -0.206 e. The van der Waals surface area contributed by atoms with Crippen LogP contribution in [-0.2, 0) is 10.0 Å². The van der Waals surface area contributed by atoms with Crippen LogP contribution in [-0.4, -0.2) is 19.3 Å². The van der Waals surface area contributed by atoms with Gasteiger partial charge in [-0.1, -0.05) is 22.9 Å². The lowest BCUT2D eigenvalue weighted by Gasteiger charge is -2.38. The topological polar surface area (TPSA) is 46.2 Å². The minimum atomic E-state index is -3.42. The molecule has 0 aromatic carbocycles. The van der Waals surface area contributed by atoms with Gasteiger partial charge in [-0.25, -0.2) is 13.1 Å². The molecule has 1 aliphatic carbocycles. The van der Waals surface area contributed by atoms with Crippen molar-refractivity contribution in [1.29, 1.82) is 0 Å². The van der Waals surface area contributed by atoms with Gasteiger partial charge in [0.25, 0.3) is 10.0 Å². The number of nitrogens with one attached hydrogen (secondary N) is 1. The predicted octanol–water partition coefficient (Wildman–Crippen LogP) is 4.13. The summed E-state index contributed by atoms with van der Waals surface area (Å²) >= 11 is 8.03. The molecule has 2 rings (SSSR count). The molecule has 1 aliphatic rings. The lowest BCUT2D eigenvalue weighted by molar-refractivity contribution is 0.250. The van der Waals surface area contributed by atoms with Crippen molar-refractivity contribution in [2.45, 2.75) is 42.4 Å². The molecule has 0 unspecified atom stereocenters. The fraction of sp³-hybridized carbons (Fsp3) is 0.667. The van der Waals surface area contributed by atoms with Gasteiger partial charge in [-0.2, -0.15) is 0 Å². The average Bonchev–Trinajstić information content (AvgIpc) is 2.80. The van der Waals surface area contributed by atoms with Crippen LogP contribution >= 0.6 is 43.2 Å². The molecule has 1 N–H and O–H groups in total. The molecule has 0 spiro atoms. The highest BCUT2D eigenvalue weighted by Crippen LogP contribution is 2.35. The number of hydrogen-bond donors (Lipinski definition) is 1. The van der Waals surface area contributed by atoms with E-state index >= 15 is 0 Å². The zero-order valence-electron chi connectivity index (χ0n) is 10.7. The van der Waals surface area contributed by atoms with Gasteiger partial charge in [0.1, 0.15) is 4.21 Å². The molecule has 0 aliphatic heterocycles. The third kappa shape index (κ3) is 3.81. The first kappa shape index (κ1) is 15.9. The van der Waals surface area contributed by atoms with Crippen LogP contribution in [0.25, 0.3) is 0 Å². The van der Waals surface area contributed by atoms with Crippen molar-refractivity contribution in [1.82, 2.24) is 4.72 Å². The van der Waals surface area contributed by atoms with Crippen LogP contribution in [0.15, 0.2) is 20.1 Å². The zero-order valence-corrected chi connectivity index (χ0v) is 15.5. The van der Waals surface area contributed by atoms with E-state index in [4.69, 9.17) is 0 Å². The molecule has 1 fully saturated rings. The van der Waals surface area contributed by atoms with Crippen LogP contribution in [0.1, 0.15) is 32.6 Å². The molecular weight excluding hydrogens is 414 g/mol. The molecule has 108 valence electrons. The average molecular weight is 431 g/mol. The largest absolute Gasteiger partial charge is 0.250 e. The van der Waals surface area contributed by atoms with E-state index in [9.17, 15) is 8.42 Å². The van der Waals surface area contributed by atoms with Crippen LogP contribution in [0.2, 0.25) is 0 Å². The van der Waals surface area contributed by atoms with E-state index in [2.05, 4.69) is 43.5 Å². The summed E-state index contributed by atoms with van der Waals surface area (Å²) in [5.41, 5.74) is -0.332. The number of thiophene rings is 1. The molecule has 7 heteroatoms. The second-order valence-electron chi connectivity index (χ2n) is 5.26. The molecule has 1 heterocycles. The molecule has 0 amide bonds. The third-order valence-corrected chi connectivity index (χ3v) is 8.42. The van der Waals surface area contributed by atoms with Gasteiger partial charge >= 0.3 is 0 Å². The van der Waals surface area contributed by atoms with Crippen LogP contribution in [0.3, 0.4) is 0 Å². The van der Waals surface area contributed by atoms with Gasteiger partial charge in [-0.3, -0.25) is 0 Å². The Kier molecular flexibility index (Phi) is 5.15. The van der Waals surface area contributed by atoms with Crippen LogP contribution < -0.4 is 4.72 Å². The molecule has 1 aromatic rings. The first-order valence-corrected chi connectivity index (χ1v) is 10.4. The number of halogens is 2. The van der Waals surface area contributed by atoms with E-state index < -0.39 is 10.0 Å². The SMILES string of the molecule is CC1CCC(CBr)(NS(=O)(=O)c2ccc(Br)s2)CC1. The lowest BCUT2D eigenvalue weighted by atomic mass is 9.79. The van der Waals surface area contributed by atoms with Gasteiger partial charge in [0.05, 0.1) is 3.79 Å². The van der Waals surface area contributed by atoms with Crippen molar-refractivity contribution >= 4 is 53.2 Å². The highest BCUT2D eigenvalue weighted by Gasteiger charge is 2.37. The predicted molar refractivity (Wildman–Crippen MR) is 86.5 cm³/mol. The summed E-state index contributed by atoms with van der Waals surface area (Å²) in [4.78, 5) is 0. The maximum atomic E-state index is 12.4. The van der Waals surface area contributed by atoms with Crippen molar-refractivity contribution in [3.8, 4) is 0 Å². The quantitative estimate of drug-likeness (QED) is 0.729. The Labute approximate surface area is 135 Å². The Bertz CT molecular complexity index is 534. The fourth-order valence-electron chi connectivity index (χ4n) is 2.36. The highest BCUT2D eigenvalue weighted by molar-refractivity contribution is 9.11. The van der Waals surface area contributed by atoms with E-state index in [1.165, 1.54) is 11.3 Å². The second kappa shape index (κ2) is 6.13. The first-order chi connectivity index (χ1) is 8.87. The second-order valence-corrected chi connectivity index (χ2v) is 10.2. The molecule has 3 nitrogen and oxygen atoms in total. The standard InChI is InChI=1S/C12H17Br2NO2S2/c1-9-4-6-12(8-13,7-5-9)15-19(16,17)11-3-2-10(14)18-11/h2-3,9,15H,4-8H2,1H3. The molecule has 1 aromatic heterocycles. The summed E-state index contributed by atoms with van der Waals surface area (Å²) in [7, 11) is -3.42. The Hall–Kier alpha value is 0.570. The lowest BCUT2D eigenvalue weighted by Crippen LogP contribution is -2.51. The monoisotopic (exact) mass is 429 g/mol. The summed E-state index contributed by atoms with van der Waals surface area (Å²) in [5, 5.41) is 0.665. The first-order valence-electron chi connectivity index (χ1n) is 6.22. The summed E-state index contributed by atoms with van der Waals surface area (Å²) in [6.45, 7) is 2.23. The summed E-state index contributed by atoms with van der Waals surface area (Å²) in [5.74, 6) is 0.688. The maximum Gasteiger partial charge on any atom is 0.250 e. The molecule has 0 atom stereocenters. The minimum absolute atomic E-state index is 0.332. The van der Waals surface area contributed by atoms with Crippen molar-refractivity contribution in [2.24, 2.45) is 5.92 Å².